The summed E-state index contributed by atoms with van der Waals surface area (Å²) in [6.07, 6.45) is -0.0618. The highest BCUT2D eigenvalue weighted by molar-refractivity contribution is 6.19. The SMILES string of the molecule is CC(O)CC(Cl)Oc1ccc(-c2ccccc2)cc1. The summed E-state index contributed by atoms with van der Waals surface area (Å²) in [4.78, 5) is 0. The largest absolute Gasteiger partial charge is 0.475 e. The van der Waals surface area contributed by atoms with E-state index in [0.29, 0.717) is 12.2 Å². The predicted octanol–water partition coefficient (Wildman–Crippen LogP) is 4.07. The molecule has 0 spiro atoms. The zero-order valence-corrected chi connectivity index (χ0v) is 11.5. The Bertz CT molecular complexity index is 494. The summed E-state index contributed by atoms with van der Waals surface area (Å²) in [6.45, 7) is 1.69. The van der Waals surface area contributed by atoms with Gasteiger partial charge in [-0.15, -0.1) is 0 Å². The van der Waals surface area contributed by atoms with E-state index < -0.39 is 11.7 Å². The minimum absolute atomic E-state index is 0.405. The van der Waals surface area contributed by atoms with Gasteiger partial charge in [0.05, 0.1) is 6.10 Å². The van der Waals surface area contributed by atoms with Crippen molar-refractivity contribution in [2.24, 2.45) is 0 Å². The molecular weight excluding hydrogens is 260 g/mol. The van der Waals surface area contributed by atoms with Crippen LogP contribution >= 0.6 is 11.6 Å². The Labute approximate surface area is 118 Å². The number of halogens is 1. The van der Waals surface area contributed by atoms with Crippen molar-refractivity contribution in [3.63, 3.8) is 0 Å². The van der Waals surface area contributed by atoms with Gasteiger partial charge >= 0.3 is 0 Å². The molecule has 2 rings (SSSR count). The summed E-state index contributed by atoms with van der Waals surface area (Å²) < 4.78 is 5.52. The molecule has 0 radical (unpaired) electrons. The van der Waals surface area contributed by atoms with Gasteiger partial charge in [0.2, 0.25) is 0 Å². The fraction of sp³-hybridized carbons (Fsp3) is 0.250. The lowest BCUT2D eigenvalue weighted by Crippen LogP contribution is -2.15. The first-order valence-corrected chi connectivity index (χ1v) is 6.73. The van der Waals surface area contributed by atoms with Gasteiger partial charge in [-0.05, 0) is 30.2 Å². The number of ether oxygens (including phenoxy) is 1. The fourth-order valence-corrected chi connectivity index (χ4v) is 2.18. The van der Waals surface area contributed by atoms with Gasteiger partial charge in [-0.25, -0.2) is 0 Å². The molecule has 0 aliphatic rings. The maximum atomic E-state index is 9.23. The molecule has 0 aliphatic carbocycles. The zero-order chi connectivity index (χ0) is 13.7. The first kappa shape index (κ1) is 13.9. The molecule has 2 aromatic rings. The van der Waals surface area contributed by atoms with Crippen molar-refractivity contribution in [3.05, 3.63) is 54.6 Å². The van der Waals surface area contributed by atoms with Crippen LogP contribution in [0.3, 0.4) is 0 Å². The second kappa shape index (κ2) is 6.60. The van der Waals surface area contributed by atoms with Crippen LogP contribution in [0.15, 0.2) is 54.6 Å². The van der Waals surface area contributed by atoms with Crippen LogP contribution in [0.1, 0.15) is 13.3 Å². The summed E-state index contributed by atoms with van der Waals surface area (Å²) in [5.74, 6) is 0.709. The van der Waals surface area contributed by atoms with Crippen LogP contribution in [0.5, 0.6) is 5.75 Å². The quantitative estimate of drug-likeness (QED) is 0.834. The molecule has 2 aromatic carbocycles. The van der Waals surface area contributed by atoms with Gasteiger partial charge in [-0.3, -0.25) is 0 Å². The fourth-order valence-electron chi connectivity index (χ4n) is 1.82. The molecular formula is C16H17ClO2. The topological polar surface area (TPSA) is 29.5 Å². The number of aliphatic hydroxyl groups excluding tert-OH is 1. The van der Waals surface area contributed by atoms with E-state index in [2.05, 4.69) is 12.1 Å². The Kier molecular flexibility index (Phi) is 4.83. The third kappa shape index (κ3) is 4.27. The Morgan fingerprint density at radius 2 is 1.58 bits per heavy atom. The van der Waals surface area contributed by atoms with Gasteiger partial charge in [0.25, 0.3) is 0 Å². The Hall–Kier alpha value is -1.51. The van der Waals surface area contributed by atoms with Gasteiger partial charge in [0.1, 0.15) is 5.75 Å². The lowest BCUT2D eigenvalue weighted by atomic mass is 10.1. The summed E-state index contributed by atoms with van der Waals surface area (Å²) in [6, 6.07) is 17.9. The van der Waals surface area contributed by atoms with Crippen LogP contribution in [-0.2, 0) is 0 Å². The van der Waals surface area contributed by atoms with E-state index in [4.69, 9.17) is 16.3 Å². The molecule has 0 fully saturated rings. The van der Waals surface area contributed by atoms with E-state index >= 15 is 0 Å². The number of hydrogen-bond donors (Lipinski definition) is 1. The summed E-state index contributed by atoms with van der Waals surface area (Å²) in [5.41, 5.74) is 1.79. The summed E-state index contributed by atoms with van der Waals surface area (Å²) in [5, 5.41) is 9.23. The third-order valence-corrected chi connectivity index (χ3v) is 3.02. The van der Waals surface area contributed by atoms with Crippen molar-refractivity contribution in [1.82, 2.24) is 0 Å². The van der Waals surface area contributed by atoms with E-state index in [9.17, 15) is 5.11 Å². The van der Waals surface area contributed by atoms with Crippen LogP contribution < -0.4 is 4.74 Å². The van der Waals surface area contributed by atoms with E-state index in [1.54, 1.807) is 6.92 Å². The molecule has 100 valence electrons. The average Bonchev–Trinajstić information content (AvgIpc) is 2.39. The molecule has 0 amide bonds. The van der Waals surface area contributed by atoms with Crippen LogP contribution in [0.2, 0.25) is 0 Å². The van der Waals surface area contributed by atoms with E-state index in [1.165, 1.54) is 5.56 Å². The van der Waals surface area contributed by atoms with Crippen molar-refractivity contribution >= 4 is 11.6 Å². The molecule has 2 unspecified atom stereocenters. The van der Waals surface area contributed by atoms with Crippen molar-refractivity contribution in [2.45, 2.75) is 25.0 Å². The predicted molar refractivity (Wildman–Crippen MR) is 78.4 cm³/mol. The molecule has 2 atom stereocenters. The molecule has 1 N–H and O–H groups in total. The molecule has 2 nitrogen and oxygen atoms in total. The maximum Gasteiger partial charge on any atom is 0.174 e. The lowest BCUT2D eigenvalue weighted by Gasteiger charge is -2.14. The van der Waals surface area contributed by atoms with Gasteiger partial charge in [0, 0.05) is 6.42 Å². The number of aliphatic hydroxyl groups is 1. The third-order valence-electron chi connectivity index (χ3n) is 2.75. The van der Waals surface area contributed by atoms with E-state index in [1.807, 2.05) is 42.5 Å². The zero-order valence-electron chi connectivity index (χ0n) is 10.8. The number of hydrogen-bond acceptors (Lipinski definition) is 2. The normalized spacial score (nSPS) is 13.8. The first-order valence-electron chi connectivity index (χ1n) is 6.29. The molecule has 0 aromatic heterocycles. The molecule has 3 heteroatoms. The van der Waals surface area contributed by atoms with Crippen molar-refractivity contribution in [3.8, 4) is 16.9 Å². The summed E-state index contributed by atoms with van der Waals surface area (Å²) >= 11 is 5.98. The van der Waals surface area contributed by atoms with E-state index in [-0.39, 0.29) is 0 Å². The van der Waals surface area contributed by atoms with Gasteiger partial charge in [-0.2, -0.15) is 0 Å². The molecule has 0 bridgehead atoms. The van der Waals surface area contributed by atoms with Crippen LogP contribution in [-0.4, -0.2) is 16.8 Å². The number of alkyl halides is 1. The Morgan fingerprint density at radius 3 is 2.16 bits per heavy atom. The smallest absolute Gasteiger partial charge is 0.174 e. The van der Waals surface area contributed by atoms with Gasteiger partial charge in [0.15, 0.2) is 5.56 Å². The highest BCUT2D eigenvalue weighted by atomic mass is 35.5. The van der Waals surface area contributed by atoms with Gasteiger partial charge in [-0.1, -0.05) is 54.1 Å². The average molecular weight is 277 g/mol. The van der Waals surface area contributed by atoms with Crippen LogP contribution in [0.4, 0.5) is 0 Å². The Morgan fingerprint density at radius 1 is 1.00 bits per heavy atom. The highest BCUT2D eigenvalue weighted by Gasteiger charge is 2.09. The van der Waals surface area contributed by atoms with Crippen molar-refractivity contribution in [1.29, 1.82) is 0 Å². The summed E-state index contributed by atoms with van der Waals surface area (Å²) in [7, 11) is 0. The second-order valence-electron chi connectivity index (χ2n) is 4.50. The van der Waals surface area contributed by atoms with Crippen LogP contribution in [0, 0.1) is 0 Å². The maximum absolute atomic E-state index is 9.23. The van der Waals surface area contributed by atoms with Crippen molar-refractivity contribution in [2.75, 3.05) is 0 Å². The standard InChI is InChI=1S/C16H17ClO2/c1-12(18)11-16(17)19-15-9-7-14(8-10-15)13-5-3-2-4-6-13/h2-10,12,16,18H,11H2,1H3. The second-order valence-corrected chi connectivity index (χ2v) is 4.99. The molecule has 0 aliphatic heterocycles. The minimum atomic E-state index is -0.512. The molecule has 0 heterocycles. The number of rotatable bonds is 5. The van der Waals surface area contributed by atoms with E-state index in [0.717, 1.165) is 5.56 Å². The Balaban J connectivity index is 2.03. The highest BCUT2D eigenvalue weighted by Crippen LogP contribution is 2.23. The minimum Gasteiger partial charge on any atom is -0.475 e. The van der Waals surface area contributed by atoms with Crippen LogP contribution in [0.25, 0.3) is 11.1 Å². The van der Waals surface area contributed by atoms with Gasteiger partial charge < -0.3 is 9.84 Å². The molecule has 19 heavy (non-hydrogen) atoms. The molecule has 0 saturated heterocycles. The monoisotopic (exact) mass is 276 g/mol. The van der Waals surface area contributed by atoms with Crippen molar-refractivity contribution < 1.29 is 9.84 Å². The lowest BCUT2D eigenvalue weighted by molar-refractivity contribution is 0.141. The number of benzene rings is 2. The first-order chi connectivity index (χ1) is 9.15. The molecule has 0 saturated carbocycles.